The van der Waals surface area contributed by atoms with E-state index in [-0.39, 0.29) is 18.9 Å². The molecule has 0 aliphatic carbocycles. The summed E-state index contributed by atoms with van der Waals surface area (Å²) in [6.07, 6.45) is -0.554. The lowest BCUT2D eigenvalue weighted by Gasteiger charge is -2.18. The molecule has 3 nitrogen and oxygen atoms in total. The highest BCUT2D eigenvalue weighted by molar-refractivity contribution is 4.94. The van der Waals surface area contributed by atoms with Gasteiger partial charge in [0.1, 0.15) is 0 Å². The normalized spacial score (nSPS) is 17.9. The van der Waals surface area contributed by atoms with Gasteiger partial charge in [0.15, 0.2) is 0 Å². The predicted molar refractivity (Wildman–Crippen MR) is 52.3 cm³/mol. The summed E-state index contributed by atoms with van der Waals surface area (Å²) in [4.78, 5) is 0. The van der Waals surface area contributed by atoms with Gasteiger partial charge in [0.05, 0.1) is 18.8 Å². The molecule has 0 saturated heterocycles. The molecule has 78 valence electrons. The molecule has 0 fully saturated rings. The van der Waals surface area contributed by atoms with Crippen molar-refractivity contribution >= 4 is 0 Å². The van der Waals surface area contributed by atoms with E-state index in [2.05, 4.69) is 6.58 Å². The highest BCUT2D eigenvalue weighted by Crippen LogP contribution is 2.16. The molecule has 0 aromatic rings. The minimum absolute atomic E-state index is 0.230. The van der Waals surface area contributed by atoms with E-state index in [1.807, 2.05) is 13.8 Å². The van der Waals surface area contributed by atoms with E-state index in [4.69, 9.17) is 10.2 Å². The Morgan fingerprint density at radius 2 is 1.77 bits per heavy atom. The van der Waals surface area contributed by atoms with E-state index in [0.717, 1.165) is 5.57 Å². The van der Waals surface area contributed by atoms with Gasteiger partial charge in [-0.1, -0.05) is 19.1 Å². The maximum atomic E-state index is 9.46. The second kappa shape index (κ2) is 6.13. The molecule has 0 saturated carbocycles. The van der Waals surface area contributed by atoms with Crippen LogP contribution in [0.3, 0.4) is 0 Å². The lowest BCUT2D eigenvalue weighted by atomic mass is 9.95. The van der Waals surface area contributed by atoms with Crippen LogP contribution in [0.1, 0.15) is 26.7 Å². The monoisotopic (exact) mass is 188 g/mol. The van der Waals surface area contributed by atoms with Crippen molar-refractivity contribution in [1.82, 2.24) is 0 Å². The van der Waals surface area contributed by atoms with Crippen molar-refractivity contribution in [3.63, 3.8) is 0 Å². The van der Waals surface area contributed by atoms with Crippen molar-refractivity contribution in [2.75, 3.05) is 6.61 Å². The molecule has 0 spiro atoms. The number of hydrogen-bond donors (Lipinski definition) is 3. The summed E-state index contributed by atoms with van der Waals surface area (Å²) in [5, 5.41) is 27.1. The molecule has 0 aromatic heterocycles. The molecule has 0 rings (SSSR count). The molecular formula is C10H20O3. The SMILES string of the molecule is C=C(C)[C@@H](C)C[C@@H](O)C[C@H](O)CO. The zero-order valence-corrected chi connectivity index (χ0v) is 8.40. The van der Waals surface area contributed by atoms with Gasteiger partial charge in [0, 0.05) is 6.42 Å². The molecule has 0 aliphatic heterocycles. The third-order valence-corrected chi connectivity index (χ3v) is 2.22. The van der Waals surface area contributed by atoms with E-state index in [0.29, 0.717) is 6.42 Å². The van der Waals surface area contributed by atoms with Gasteiger partial charge in [-0.05, 0) is 19.3 Å². The Labute approximate surface area is 79.7 Å². The molecule has 3 N–H and O–H groups in total. The Hall–Kier alpha value is -0.380. The first kappa shape index (κ1) is 12.6. The second-order valence-corrected chi connectivity index (χ2v) is 3.71. The second-order valence-electron chi connectivity index (χ2n) is 3.71. The van der Waals surface area contributed by atoms with Crippen LogP contribution in [0, 0.1) is 5.92 Å². The summed E-state index contributed by atoms with van der Waals surface area (Å²) in [5.74, 6) is 0.251. The quantitative estimate of drug-likeness (QED) is 0.537. The van der Waals surface area contributed by atoms with Crippen molar-refractivity contribution in [2.24, 2.45) is 5.92 Å². The third kappa shape index (κ3) is 5.80. The topological polar surface area (TPSA) is 60.7 Å². The average Bonchev–Trinajstić information content (AvgIpc) is 2.03. The zero-order chi connectivity index (χ0) is 10.4. The van der Waals surface area contributed by atoms with E-state index in [1.54, 1.807) is 0 Å². The Kier molecular flexibility index (Phi) is 5.95. The number of hydrogen-bond acceptors (Lipinski definition) is 3. The van der Waals surface area contributed by atoms with Crippen LogP contribution < -0.4 is 0 Å². The van der Waals surface area contributed by atoms with Gasteiger partial charge in [0.2, 0.25) is 0 Å². The summed E-state index contributed by atoms with van der Waals surface area (Å²) in [6.45, 7) is 7.39. The van der Waals surface area contributed by atoms with Gasteiger partial charge in [0.25, 0.3) is 0 Å². The van der Waals surface area contributed by atoms with E-state index in [1.165, 1.54) is 0 Å². The molecule has 0 bridgehead atoms. The third-order valence-electron chi connectivity index (χ3n) is 2.22. The van der Waals surface area contributed by atoms with Crippen LogP contribution in [-0.2, 0) is 0 Å². The van der Waals surface area contributed by atoms with Crippen LogP contribution in [0.25, 0.3) is 0 Å². The largest absolute Gasteiger partial charge is 0.394 e. The predicted octanol–water partition coefficient (Wildman–Crippen LogP) is 0.693. The Bertz CT molecular complexity index is 156. The number of aliphatic hydroxyl groups excluding tert-OH is 3. The summed E-state index contributed by atoms with van der Waals surface area (Å²) in [7, 11) is 0. The molecule has 3 heteroatoms. The number of allylic oxidation sites excluding steroid dienone is 1. The fourth-order valence-electron chi connectivity index (χ4n) is 1.09. The van der Waals surface area contributed by atoms with Crippen LogP contribution in [0.5, 0.6) is 0 Å². The molecule has 3 atom stereocenters. The molecule has 0 heterocycles. The highest BCUT2D eigenvalue weighted by atomic mass is 16.3. The average molecular weight is 188 g/mol. The van der Waals surface area contributed by atoms with Crippen molar-refractivity contribution in [2.45, 2.75) is 38.9 Å². The minimum atomic E-state index is -0.813. The number of aliphatic hydroxyl groups is 3. The summed E-state index contributed by atoms with van der Waals surface area (Å²) in [5.41, 5.74) is 1.03. The van der Waals surface area contributed by atoms with E-state index >= 15 is 0 Å². The summed E-state index contributed by atoms with van der Waals surface area (Å²) in [6, 6.07) is 0. The van der Waals surface area contributed by atoms with Crippen LogP contribution >= 0.6 is 0 Å². The van der Waals surface area contributed by atoms with Crippen LogP contribution in [0.2, 0.25) is 0 Å². The molecule has 0 amide bonds. The zero-order valence-electron chi connectivity index (χ0n) is 8.40. The first-order valence-electron chi connectivity index (χ1n) is 4.59. The van der Waals surface area contributed by atoms with Crippen molar-refractivity contribution < 1.29 is 15.3 Å². The lowest BCUT2D eigenvalue weighted by molar-refractivity contribution is 0.0353. The van der Waals surface area contributed by atoms with E-state index < -0.39 is 12.2 Å². The Morgan fingerprint density at radius 3 is 2.15 bits per heavy atom. The standard InChI is InChI=1S/C10H20O3/c1-7(2)8(3)4-9(12)5-10(13)6-11/h8-13H,1,4-6H2,2-3H3/t8-,9+,10-/m0/s1. The van der Waals surface area contributed by atoms with Gasteiger partial charge in [-0.3, -0.25) is 0 Å². The molecule has 0 radical (unpaired) electrons. The highest BCUT2D eigenvalue weighted by Gasteiger charge is 2.14. The van der Waals surface area contributed by atoms with Crippen molar-refractivity contribution in [3.05, 3.63) is 12.2 Å². The molecule has 0 unspecified atom stereocenters. The lowest BCUT2D eigenvalue weighted by Crippen LogP contribution is -2.22. The van der Waals surface area contributed by atoms with Gasteiger partial charge in [-0.25, -0.2) is 0 Å². The first-order chi connectivity index (χ1) is 5.97. The molecule has 13 heavy (non-hydrogen) atoms. The fraction of sp³-hybridized carbons (Fsp3) is 0.800. The van der Waals surface area contributed by atoms with Gasteiger partial charge >= 0.3 is 0 Å². The fourth-order valence-corrected chi connectivity index (χ4v) is 1.09. The van der Waals surface area contributed by atoms with Crippen molar-refractivity contribution in [3.8, 4) is 0 Å². The van der Waals surface area contributed by atoms with Crippen LogP contribution in [0.4, 0.5) is 0 Å². The Balaban J connectivity index is 3.73. The first-order valence-corrected chi connectivity index (χ1v) is 4.59. The minimum Gasteiger partial charge on any atom is -0.394 e. The van der Waals surface area contributed by atoms with Gasteiger partial charge in [-0.2, -0.15) is 0 Å². The smallest absolute Gasteiger partial charge is 0.0795 e. The maximum absolute atomic E-state index is 9.46. The Morgan fingerprint density at radius 1 is 1.23 bits per heavy atom. The molecule has 0 aromatic carbocycles. The van der Waals surface area contributed by atoms with Gasteiger partial charge < -0.3 is 15.3 Å². The number of rotatable bonds is 6. The van der Waals surface area contributed by atoms with Gasteiger partial charge in [-0.15, -0.1) is 0 Å². The summed E-state index contributed by atoms with van der Waals surface area (Å²) >= 11 is 0. The summed E-state index contributed by atoms with van der Waals surface area (Å²) < 4.78 is 0. The molecular weight excluding hydrogens is 168 g/mol. The van der Waals surface area contributed by atoms with Crippen LogP contribution in [-0.4, -0.2) is 34.1 Å². The maximum Gasteiger partial charge on any atom is 0.0795 e. The van der Waals surface area contributed by atoms with E-state index in [9.17, 15) is 5.11 Å². The van der Waals surface area contributed by atoms with Crippen LogP contribution in [0.15, 0.2) is 12.2 Å². The van der Waals surface area contributed by atoms with Crippen molar-refractivity contribution in [1.29, 1.82) is 0 Å². The molecule has 0 aliphatic rings.